The Morgan fingerprint density at radius 3 is 1.62 bits per heavy atom. The first-order chi connectivity index (χ1) is 7.31. The second-order valence-electron chi connectivity index (χ2n) is 6.01. The summed E-state index contributed by atoms with van der Waals surface area (Å²) in [5.41, 5.74) is 12.6. The van der Waals surface area contributed by atoms with Crippen LogP contribution in [0.2, 0.25) is 0 Å². The quantitative estimate of drug-likeness (QED) is 0.704. The van der Waals surface area contributed by atoms with Crippen LogP contribution in [0.15, 0.2) is 0 Å². The molecule has 0 heterocycles. The molecule has 0 aliphatic rings. The molecule has 0 aromatic heterocycles. The summed E-state index contributed by atoms with van der Waals surface area (Å²) < 4.78 is 0. The van der Waals surface area contributed by atoms with Gasteiger partial charge in [-0.05, 0) is 30.1 Å². The molecular formula is C14H32N2. The van der Waals surface area contributed by atoms with E-state index >= 15 is 0 Å². The zero-order chi connectivity index (χ0) is 12.9. The Balaban J connectivity index is 4.30. The molecule has 2 heteroatoms. The third-order valence-electron chi connectivity index (χ3n) is 4.02. The minimum atomic E-state index is 0.228. The minimum Gasteiger partial charge on any atom is -0.327 e. The van der Waals surface area contributed by atoms with Crippen LogP contribution >= 0.6 is 0 Å². The van der Waals surface area contributed by atoms with E-state index < -0.39 is 0 Å². The highest BCUT2D eigenvalue weighted by Gasteiger charge is 2.27. The Kier molecular flexibility index (Phi) is 7.25. The molecule has 2 nitrogen and oxygen atoms in total. The number of hydrogen-bond donors (Lipinski definition) is 2. The molecule has 5 atom stereocenters. The summed E-state index contributed by atoms with van der Waals surface area (Å²) in [4.78, 5) is 0. The maximum atomic E-state index is 6.32. The van der Waals surface area contributed by atoms with Crippen molar-refractivity contribution in [3.8, 4) is 0 Å². The first-order valence-electron chi connectivity index (χ1n) is 6.82. The molecule has 0 aromatic carbocycles. The van der Waals surface area contributed by atoms with E-state index in [-0.39, 0.29) is 12.1 Å². The molecule has 0 aliphatic heterocycles. The molecule has 5 unspecified atom stereocenters. The lowest BCUT2D eigenvalue weighted by atomic mass is 9.78. The fraction of sp³-hybridized carbons (Fsp3) is 1.00. The van der Waals surface area contributed by atoms with Crippen LogP contribution in [0, 0.1) is 23.7 Å². The van der Waals surface area contributed by atoms with Crippen LogP contribution in [0.3, 0.4) is 0 Å². The van der Waals surface area contributed by atoms with E-state index in [1.165, 1.54) is 6.42 Å². The molecule has 4 N–H and O–H groups in total. The Bertz CT molecular complexity index is 180. The lowest BCUT2D eigenvalue weighted by molar-refractivity contribution is 0.234. The summed E-state index contributed by atoms with van der Waals surface area (Å²) in [7, 11) is 0. The highest BCUT2D eigenvalue weighted by molar-refractivity contribution is 4.85. The molecule has 0 amide bonds. The predicted octanol–water partition coefficient (Wildman–Crippen LogP) is 3.01. The van der Waals surface area contributed by atoms with Crippen molar-refractivity contribution in [2.75, 3.05) is 0 Å². The fourth-order valence-corrected chi connectivity index (χ4v) is 2.47. The molecule has 0 aliphatic carbocycles. The third kappa shape index (κ3) is 4.84. The van der Waals surface area contributed by atoms with E-state index in [0.29, 0.717) is 23.7 Å². The standard InChI is InChI=1S/C14H32N2/c1-7-10(4)13(15)12(6)14(16)11(5)8-9(2)3/h9-14H,7-8,15-16H2,1-6H3. The lowest BCUT2D eigenvalue weighted by Gasteiger charge is -2.33. The molecule has 16 heavy (non-hydrogen) atoms. The summed E-state index contributed by atoms with van der Waals surface area (Å²) in [6.45, 7) is 13.4. The Labute approximate surface area is 102 Å². The van der Waals surface area contributed by atoms with Crippen molar-refractivity contribution in [3.05, 3.63) is 0 Å². The van der Waals surface area contributed by atoms with Gasteiger partial charge < -0.3 is 11.5 Å². The average Bonchev–Trinajstić information content (AvgIpc) is 2.23. The van der Waals surface area contributed by atoms with Gasteiger partial charge in [0.2, 0.25) is 0 Å². The van der Waals surface area contributed by atoms with Gasteiger partial charge in [-0.15, -0.1) is 0 Å². The SMILES string of the molecule is CCC(C)C(N)C(C)C(N)C(C)CC(C)C. The molecule has 98 valence electrons. The van der Waals surface area contributed by atoms with Crippen molar-refractivity contribution in [3.63, 3.8) is 0 Å². The van der Waals surface area contributed by atoms with Gasteiger partial charge in [0.05, 0.1) is 0 Å². The second kappa shape index (κ2) is 7.29. The van der Waals surface area contributed by atoms with Crippen molar-refractivity contribution in [2.45, 2.75) is 66.5 Å². The van der Waals surface area contributed by atoms with Gasteiger partial charge in [0.1, 0.15) is 0 Å². The smallest absolute Gasteiger partial charge is 0.0105 e. The minimum absolute atomic E-state index is 0.228. The van der Waals surface area contributed by atoms with Crippen molar-refractivity contribution in [1.29, 1.82) is 0 Å². The second-order valence-corrected chi connectivity index (χ2v) is 6.01. The predicted molar refractivity (Wildman–Crippen MR) is 73.2 cm³/mol. The monoisotopic (exact) mass is 228 g/mol. The Morgan fingerprint density at radius 1 is 0.812 bits per heavy atom. The Hall–Kier alpha value is -0.0800. The molecule has 0 spiro atoms. The summed E-state index contributed by atoms with van der Waals surface area (Å²) >= 11 is 0. The first-order valence-corrected chi connectivity index (χ1v) is 6.82. The van der Waals surface area contributed by atoms with Gasteiger partial charge in [-0.2, -0.15) is 0 Å². The van der Waals surface area contributed by atoms with Crippen LogP contribution in [0.4, 0.5) is 0 Å². The summed E-state index contributed by atoms with van der Waals surface area (Å²) in [6.07, 6.45) is 2.33. The van der Waals surface area contributed by atoms with E-state index in [1.807, 2.05) is 0 Å². The van der Waals surface area contributed by atoms with Crippen molar-refractivity contribution in [1.82, 2.24) is 0 Å². The zero-order valence-electron chi connectivity index (χ0n) is 12.0. The van der Waals surface area contributed by atoms with Gasteiger partial charge in [0.25, 0.3) is 0 Å². The fourth-order valence-electron chi connectivity index (χ4n) is 2.47. The van der Waals surface area contributed by atoms with Crippen LogP contribution in [-0.4, -0.2) is 12.1 Å². The summed E-state index contributed by atoms with van der Waals surface area (Å²) in [5.74, 6) is 2.24. The van der Waals surface area contributed by atoms with E-state index in [4.69, 9.17) is 11.5 Å². The van der Waals surface area contributed by atoms with Crippen LogP contribution in [0.1, 0.15) is 54.4 Å². The number of nitrogens with two attached hydrogens (primary N) is 2. The summed E-state index contributed by atoms with van der Waals surface area (Å²) in [5, 5.41) is 0. The summed E-state index contributed by atoms with van der Waals surface area (Å²) in [6, 6.07) is 0.459. The maximum Gasteiger partial charge on any atom is 0.0105 e. The topological polar surface area (TPSA) is 52.0 Å². The van der Waals surface area contributed by atoms with Gasteiger partial charge in [0.15, 0.2) is 0 Å². The van der Waals surface area contributed by atoms with Gasteiger partial charge in [0, 0.05) is 12.1 Å². The molecule has 0 rings (SSSR count). The Morgan fingerprint density at radius 2 is 1.25 bits per heavy atom. The molecule has 0 fully saturated rings. The molecule has 0 saturated carbocycles. The van der Waals surface area contributed by atoms with Gasteiger partial charge >= 0.3 is 0 Å². The third-order valence-corrected chi connectivity index (χ3v) is 4.02. The van der Waals surface area contributed by atoms with Crippen molar-refractivity contribution < 1.29 is 0 Å². The van der Waals surface area contributed by atoms with Crippen LogP contribution in [-0.2, 0) is 0 Å². The lowest BCUT2D eigenvalue weighted by Crippen LogP contribution is -2.47. The zero-order valence-corrected chi connectivity index (χ0v) is 12.0. The van der Waals surface area contributed by atoms with Gasteiger partial charge in [-0.1, -0.05) is 48.0 Å². The van der Waals surface area contributed by atoms with Crippen LogP contribution in [0.25, 0.3) is 0 Å². The van der Waals surface area contributed by atoms with Crippen molar-refractivity contribution >= 4 is 0 Å². The number of hydrogen-bond acceptors (Lipinski definition) is 2. The van der Waals surface area contributed by atoms with Crippen LogP contribution in [0.5, 0.6) is 0 Å². The average molecular weight is 228 g/mol. The van der Waals surface area contributed by atoms with Gasteiger partial charge in [-0.25, -0.2) is 0 Å². The normalized spacial score (nSPS) is 21.6. The molecular weight excluding hydrogens is 196 g/mol. The van der Waals surface area contributed by atoms with E-state index in [1.54, 1.807) is 0 Å². The molecule has 0 bridgehead atoms. The highest BCUT2D eigenvalue weighted by atomic mass is 14.7. The number of rotatable bonds is 7. The highest BCUT2D eigenvalue weighted by Crippen LogP contribution is 2.23. The molecule has 0 aromatic rings. The first kappa shape index (κ1) is 15.9. The van der Waals surface area contributed by atoms with E-state index in [9.17, 15) is 0 Å². The largest absolute Gasteiger partial charge is 0.327 e. The van der Waals surface area contributed by atoms with Gasteiger partial charge in [-0.3, -0.25) is 0 Å². The van der Waals surface area contributed by atoms with Crippen LogP contribution < -0.4 is 11.5 Å². The van der Waals surface area contributed by atoms with E-state index in [2.05, 4.69) is 41.5 Å². The molecule has 0 saturated heterocycles. The molecule has 0 radical (unpaired) electrons. The van der Waals surface area contributed by atoms with E-state index in [0.717, 1.165) is 6.42 Å². The van der Waals surface area contributed by atoms with Crippen molar-refractivity contribution in [2.24, 2.45) is 35.1 Å². The maximum absolute atomic E-state index is 6.32.